The number of allylic oxidation sites excluding steroid dienone is 1. The first kappa shape index (κ1) is 22.8. The van der Waals surface area contributed by atoms with E-state index in [1.165, 1.54) is 47.1 Å². The van der Waals surface area contributed by atoms with Crippen LogP contribution in [0.4, 0.5) is 5.69 Å². The van der Waals surface area contributed by atoms with Crippen molar-refractivity contribution in [1.29, 1.82) is 0 Å². The lowest BCUT2D eigenvalue weighted by molar-refractivity contribution is 0.772. The molecule has 0 aromatic heterocycles. The predicted octanol–water partition coefficient (Wildman–Crippen LogP) is 6.73. The second-order valence-corrected chi connectivity index (χ2v) is 7.19. The van der Waals surface area contributed by atoms with Crippen LogP contribution in [-0.2, 0) is 0 Å². The minimum Gasteiger partial charge on any atom is -0.399 e. The first-order valence-corrected chi connectivity index (χ1v) is 10.3. The van der Waals surface area contributed by atoms with Gasteiger partial charge in [-0.25, -0.2) is 0 Å². The summed E-state index contributed by atoms with van der Waals surface area (Å²) in [5.41, 5.74) is 13.4. The van der Waals surface area contributed by atoms with Crippen molar-refractivity contribution in [1.82, 2.24) is 5.32 Å². The molecule has 0 heterocycles. The largest absolute Gasteiger partial charge is 0.399 e. The smallest absolute Gasteiger partial charge is 0.0317 e. The zero-order valence-corrected chi connectivity index (χ0v) is 18.1. The van der Waals surface area contributed by atoms with E-state index >= 15 is 0 Å². The molecular formula is C25H38N2. The highest BCUT2D eigenvalue weighted by atomic mass is 14.8. The van der Waals surface area contributed by atoms with E-state index in [0.29, 0.717) is 0 Å². The average molecular weight is 367 g/mol. The van der Waals surface area contributed by atoms with Crippen LogP contribution in [0, 0.1) is 13.8 Å². The predicted molar refractivity (Wildman–Crippen MR) is 121 cm³/mol. The number of nitrogen functional groups attached to an aromatic ring is 1. The summed E-state index contributed by atoms with van der Waals surface area (Å²) in [4.78, 5) is 0. The van der Waals surface area contributed by atoms with Crippen molar-refractivity contribution in [3.63, 3.8) is 0 Å². The molecule has 1 atom stereocenters. The fourth-order valence-electron chi connectivity index (χ4n) is 3.21. The van der Waals surface area contributed by atoms with Crippen molar-refractivity contribution in [2.24, 2.45) is 0 Å². The Balaban J connectivity index is 0.000000646. The average Bonchev–Trinajstić information content (AvgIpc) is 2.65. The van der Waals surface area contributed by atoms with Gasteiger partial charge in [0.1, 0.15) is 0 Å². The molecule has 148 valence electrons. The molecule has 0 aliphatic rings. The molecule has 2 heteroatoms. The Hall–Kier alpha value is -2.22. The molecule has 0 saturated heterocycles. The summed E-state index contributed by atoms with van der Waals surface area (Å²) < 4.78 is 0. The normalized spacial score (nSPS) is 12.1. The Morgan fingerprint density at radius 2 is 1.70 bits per heavy atom. The van der Waals surface area contributed by atoms with E-state index < -0.39 is 0 Å². The van der Waals surface area contributed by atoms with Crippen LogP contribution in [0.1, 0.15) is 75.1 Å². The molecule has 0 amide bonds. The van der Waals surface area contributed by atoms with Crippen LogP contribution in [0.25, 0.3) is 0 Å². The van der Waals surface area contributed by atoms with Crippen molar-refractivity contribution >= 4 is 5.69 Å². The van der Waals surface area contributed by atoms with Gasteiger partial charge in [-0.15, -0.1) is 0 Å². The number of hydrogen-bond donors (Lipinski definition) is 2. The molecule has 2 aromatic carbocycles. The monoisotopic (exact) mass is 366 g/mol. The molecule has 2 aromatic rings. The van der Waals surface area contributed by atoms with E-state index in [1.54, 1.807) is 0 Å². The number of benzene rings is 2. The fraction of sp³-hybridized carbons (Fsp3) is 0.440. The zero-order valence-electron chi connectivity index (χ0n) is 18.1. The molecule has 0 aliphatic heterocycles. The lowest BCUT2D eigenvalue weighted by atomic mass is 9.82. The second kappa shape index (κ2) is 12.2. The second-order valence-electron chi connectivity index (χ2n) is 7.19. The van der Waals surface area contributed by atoms with E-state index in [9.17, 15) is 0 Å². The van der Waals surface area contributed by atoms with Gasteiger partial charge in [0.05, 0.1) is 0 Å². The number of nitrogens with one attached hydrogen (secondary N) is 1. The van der Waals surface area contributed by atoms with Gasteiger partial charge in [-0.3, -0.25) is 0 Å². The summed E-state index contributed by atoms with van der Waals surface area (Å²) in [5.74, 6) is 0.224. The number of aryl methyl sites for hydroxylation is 1. The van der Waals surface area contributed by atoms with Crippen molar-refractivity contribution < 1.29 is 0 Å². The Bertz CT molecular complexity index is 714. The highest BCUT2D eigenvalue weighted by Gasteiger charge is 2.19. The van der Waals surface area contributed by atoms with Crippen molar-refractivity contribution in [3.05, 3.63) is 76.5 Å². The third-order valence-corrected chi connectivity index (χ3v) is 4.90. The van der Waals surface area contributed by atoms with Crippen molar-refractivity contribution in [3.8, 4) is 0 Å². The summed E-state index contributed by atoms with van der Waals surface area (Å²) in [6, 6.07) is 14.7. The maximum atomic E-state index is 6.01. The summed E-state index contributed by atoms with van der Waals surface area (Å²) in [7, 11) is 0. The van der Waals surface area contributed by atoms with E-state index in [0.717, 1.165) is 12.2 Å². The van der Waals surface area contributed by atoms with Gasteiger partial charge >= 0.3 is 0 Å². The quantitative estimate of drug-likeness (QED) is 0.533. The van der Waals surface area contributed by atoms with Gasteiger partial charge in [-0.2, -0.15) is 0 Å². The maximum Gasteiger partial charge on any atom is 0.0317 e. The zero-order chi connectivity index (χ0) is 20.2. The third-order valence-electron chi connectivity index (χ3n) is 4.90. The maximum absolute atomic E-state index is 6.01. The lowest BCUT2D eigenvalue weighted by Crippen LogP contribution is -2.10. The Labute approximate surface area is 166 Å². The van der Waals surface area contributed by atoms with Crippen LogP contribution >= 0.6 is 0 Å². The van der Waals surface area contributed by atoms with Crippen LogP contribution in [0.15, 0.2) is 54.2 Å². The van der Waals surface area contributed by atoms with Gasteiger partial charge in [0.15, 0.2) is 0 Å². The first-order chi connectivity index (χ1) is 13.0. The Morgan fingerprint density at radius 3 is 2.26 bits per heavy atom. The number of anilines is 1. The fourth-order valence-corrected chi connectivity index (χ4v) is 3.21. The molecular weight excluding hydrogens is 328 g/mol. The molecule has 27 heavy (non-hydrogen) atoms. The van der Waals surface area contributed by atoms with Crippen LogP contribution in [0.3, 0.4) is 0 Å². The van der Waals surface area contributed by atoms with Gasteiger partial charge in [0.2, 0.25) is 0 Å². The summed E-state index contributed by atoms with van der Waals surface area (Å²) in [6.07, 6.45) is 6.20. The van der Waals surface area contributed by atoms with E-state index in [1.807, 2.05) is 12.1 Å². The molecule has 0 fully saturated rings. The SMILES string of the molecule is CCCCC.CCN/C=C(\C)C(c1cccc(N)c1)c1cccc(C)c1C. The molecule has 1 unspecified atom stereocenters. The minimum absolute atomic E-state index is 0.224. The van der Waals surface area contributed by atoms with Crippen LogP contribution in [0.2, 0.25) is 0 Å². The van der Waals surface area contributed by atoms with Gasteiger partial charge in [0, 0.05) is 18.2 Å². The third kappa shape index (κ3) is 7.13. The molecule has 2 nitrogen and oxygen atoms in total. The standard InChI is InChI=1S/C20H26N2.C5H12/c1-5-22-13-15(3)20(17-9-7-10-18(21)12-17)19-11-6-8-14(2)16(19)4;1-3-5-4-2/h6-13,20,22H,5,21H2,1-4H3;3-5H2,1-2H3/b15-13+;. The van der Waals surface area contributed by atoms with Gasteiger partial charge in [-0.1, -0.05) is 63.4 Å². The van der Waals surface area contributed by atoms with E-state index in [-0.39, 0.29) is 5.92 Å². The number of rotatable bonds is 7. The highest BCUT2D eigenvalue weighted by molar-refractivity contribution is 5.50. The number of nitrogens with two attached hydrogens (primary N) is 1. The molecule has 0 bridgehead atoms. The Kier molecular flexibility index (Phi) is 10.3. The lowest BCUT2D eigenvalue weighted by Gasteiger charge is -2.22. The summed E-state index contributed by atoms with van der Waals surface area (Å²) in [6.45, 7) is 14.0. The van der Waals surface area contributed by atoms with Crippen LogP contribution in [-0.4, -0.2) is 6.54 Å². The number of hydrogen-bond acceptors (Lipinski definition) is 2. The van der Waals surface area contributed by atoms with Crippen LogP contribution < -0.4 is 11.1 Å². The van der Waals surface area contributed by atoms with Crippen LogP contribution in [0.5, 0.6) is 0 Å². The molecule has 2 rings (SSSR count). The van der Waals surface area contributed by atoms with Crippen molar-refractivity contribution in [2.75, 3.05) is 12.3 Å². The first-order valence-electron chi connectivity index (χ1n) is 10.3. The Morgan fingerprint density at radius 1 is 1.04 bits per heavy atom. The van der Waals surface area contributed by atoms with E-state index in [4.69, 9.17) is 5.73 Å². The van der Waals surface area contributed by atoms with Gasteiger partial charge in [0.25, 0.3) is 0 Å². The molecule has 0 saturated carbocycles. The van der Waals surface area contributed by atoms with Crippen molar-refractivity contribution in [2.45, 2.75) is 66.7 Å². The summed E-state index contributed by atoms with van der Waals surface area (Å²) in [5, 5.41) is 3.32. The highest BCUT2D eigenvalue weighted by Crippen LogP contribution is 2.35. The molecule has 3 N–H and O–H groups in total. The summed E-state index contributed by atoms with van der Waals surface area (Å²) >= 11 is 0. The minimum atomic E-state index is 0.224. The van der Waals surface area contributed by atoms with Gasteiger partial charge in [-0.05, 0) is 73.9 Å². The topological polar surface area (TPSA) is 38.0 Å². The molecule has 0 aliphatic carbocycles. The van der Waals surface area contributed by atoms with E-state index in [2.05, 4.69) is 83.4 Å². The molecule has 0 radical (unpaired) electrons. The molecule has 0 spiro atoms. The van der Waals surface area contributed by atoms with Gasteiger partial charge < -0.3 is 11.1 Å². The number of unbranched alkanes of at least 4 members (excludes halogenated alkanes) is 2.